The summed E-state index contributed by atoms with van der Waals surface area (Å²) in [4.78, 5) is 8.90. The number of aliphatic carboxylic acids is 1. The molecule has 84 valence electrons. The zero-order valence-electron chi connectivity index (χ0n) is 7.94. The summed E-state index contributed by atoms with van der Waals surface area (Å²) >= 11 is 0. The second-order valence-corrected chi connectivity index (χ2v) is 3.28. The lowest BCUT2D eigenvalue weighted by Gasteiger charge is -1.93. The third kappa shape index (κ3) is 7.89. The van der Waals surface area contributed by atoms with Crippen molar-refractivity contribution in [3.8, 4) is 0 Å². The summed E-state index contributed by atoms with van der Waals surface area (Å²) in [6, 6.07) is 0. The van der Waals surface area contributed by atoms with E-state index < -0.39 is 12.1 Å². The molecule has 0 spiro atoms. The van der Waals surface area contributed by atoms with Crippen LogP contribution in [0.3, 0.4) is 0 Å². The van der Waals surface area contributed by atoms with Gasteiger partial charge in [-0.3, -0.25) is 0 Å². The van der Waals surface area contributed by atoms with Gasteiger partial charge in [-0.1, -0.05) is 44.9 Å². The molecular formula is C9H15F3O2. The molecule has 5 heteroatoms. The molecule has 1 saturated carbocycles. The van der Waals surface area contributed by atoms with Crippen LogP contribution in [0.15, 0.2) is 0 Å². The van der Waals surface area contributed by atoms with Gasteiger partial charge in [-0.15, -0.1) is 0 Å². The van der Waals surface area contributed by atoms with Gasteiger partial charge >= 0.3 is 12.1 Å². The third-order valence-corrected chi connectivity index (χ3v) is 1.99. The van der Waals surface area contributed by atoms with E-state index in [2.05, 4.69) is 0 Å². The van der Waals surface area contributed by atoms with Gasteiger partial charge in [0.25, 0.3) is 0 Å². The lowest BCUT2D eigenvalue weighted by atomic mass is 10.2. The Balaban J connectivity index is 0.000000241. The van der Waals surface area contributed by atoms with E-state index in [0.29, 0.717) is 0 Å². The molecule has 0 bridgehead atoms. The van der Waals surface area contributed by atoms with E-state index in [1.165, 1.54) is 44.9 Å². The smallest absolute Gasteiger partial charge is 0.475 e. The van der Waals surface area contributed by atoms with Crippen LogP contribution in [0.5, 0.6) is 0 Å². The first-order valence-corrected chi connectivity index (χ1v) is 4.74. The van der Waals surface area contributed by atoms with Crippen LogP contribution in [0, 0.1) is 0 Å². The van der Waals surface area contributed by atoms with Crippen LogP contribution < -0.4 is 0 Å². The van der Waals surface area contributed by atoms with Gasteiger partial charge in [0.15, 0.2) is 0 Å². The quantitative estimate of drug-likeness (QED) is 0.625. The monoisotopic (exact) mass is 212 g/mol. The van der Waals surface area contributed by atoms with E-state index >= 15 is 0 Å². The molecule has 1 aliphatic rings. The summed E-state index contributed by atoms with van der Waals surface area (Å²) < 4.78 is 31.7. The molecule has 1 N–H and O–H groups in total. The number of hydrogen-bond donors (Lipinski definition) is 1. The summed E-state index contributed by atoms with van der Waals surface area (Å²) in [5, 5.41) is 7.12. The zero-order valence-corrected chi connectivity index (χ0v) is 7.94. The standard InChI is InChI=1S/C7H14.C2HF3O2/c1-2-4-6-7-5-3-1;3-2(4,5)1(6)7/h1-7H2;(H,6,7). The van der Waals surface area contributed by atoms with E-state index in [4.69, 9.17) is 9.90 Å². The normalized spacial score (nSPS) is 17.6. The van der Waals surface area contributed by atoms with Gasteiger partial charge in [-0.05, 0) is 0 Å². The van der Waals surface area contributed by atoms with Crippen LogP contribution in [0.4, 0.5) is 13.2 Å². The molecule has 1 rings (SSSR count). The number of carboxylic acid groups (broad SMARTS) is 1. The average Bonchev–Trinajstić information content (AvgIpc) is 2.33. The molecule has 0 aromatic rings. The summed E-state index contributed by atoms with van der Waals surface area (Å²) in [7, 11) is 0. The third-order valence-electron chi connectivity index (χ3n) is 1.99. The number of hydrogen-bond acceptors (Lipinski definition) is 1. The Morgan fingerprint density at radius 3 is 1.07 bits per heavy atom. The Morgan fingerprint density at radius 2 is 1.00 bits per heavy atom. The molecule has 14 heavy (non-hydrogen) atoms. The van der Waals surface area contributed by atoms with Gasteiger partial charge in [0.05, 0.1) is 0 Å². The van der Waals surface area contributed by atoms with Crippen molar-refractivity contribution < 1.29 is 23.1 Å². The van der Waals surface area contributed by atoms with Gasteiger partial charge < -0.3 is 5.11 Å². The molecule has 2 nitrogen and oxygen atoms in total. The first kappa shape index (κ1) is 13.3. The van der Waals surface area contributed by atoms with E-state index in [-0.39, 0.29) is 0 Å². The van der Waals surface area contributed by atoms with Crippen molar-refractivity contribution in [2.45, 2.75) is 51.1 Å². The summed E-state index contributed by atoms with van der Waals surface area (Å²) in [5.74, 6) is -2.76. The van der Waals surface area contributed by atoms with Crippen molar-refractivity contribution in [3.63, 3.8) is 0 Å². The SMILES string of the molecule is C1CCCCCC1.O=C(O)C(F)(F)F. The average molecular weight is 212 g/mol. The molecule has 0 saturated heterocycles. The van der Waals surface area contributed by atoms with E-state index in [1.807, 2.05) is 0 Å². The largest absolute Gasteiger partial charge is 0.490 e. The van der Waals surface area contributed by atoms with Crippen LogP contribution in [0.1, 0.15) is 44.9 Å². The predicted octanol–water partition coefficient (Wildman–Crippen LogP) is 3.36. The van der Waals surface area contributed by atoms with Crippen LogP contribution >= 0.6 is 0 Å². The minimum atomic E-state index is -5.08. The molecule has 0 radical (unpaired) electrons. The Bertz CT molecular complexity index is 146. The molecular weight excluding hydrogens is 197 g/mol. The lowest BCUT2D eigenvalue weighted by Crippen LogP contribution is -2.21. The van der Waals surface area contributed by atoms with Crippen molar-refractivity contribution in [1.82, 2.24) is 0 Å². The molecule has 0 aliphatic heterocycles. The number of halogens is 3. The minimum absolute atomic E-state index is 1.50. The Hall–Kier alpha value is -0.740. The first-order valence-electron chi connectivity index (χ1n) is 4.74. The van der Waals surface area contributed by atoms with E-state index in [0.717, 1.165) is 0 Å². The number of carbonyl (C=O) groups is 1. The van der Waals surface area contributed by atoms with E-state index in [1.54, 1.807) is 0 Å². The maximum absolute atomic E-state index is 10.6. The predicted molar refractivity (Wildman–Crippen MR) is 46.0 cm³/mol. The fourth-order valence-electron chi connectivity index (χ4n) is 1.24. The highest BCUT2D eigenvalue weighted by atomic mass is 19.4. The topological polar surface area (TPSA) is 37.3 Å². The van der Waals surface area contributed by atoms with Gasteiger partial charge in [-0.2, -0.15) is 13.2 Å². The second kappa shape index (κ2) is 6.68. The Morgan fingerprint density at radius 1 is 0.857 bits per heavy atom. The molecule has 0 amide bonds. The first-order chi connectivity index (χ1) is 6.44. The van der Waals surface area contributed by atoms with Crippen molar-refractivity contribution in [3.05, 3.63) is 0 Å². The van der Waals surface area contributed by atoms with Crippen LogP contribution in [-0.4, -0.2) is 17.3 Å². The fourth-order valence-corrected chi connectivity index (χ4v) is 1.24. The van der Waals surface area contributed by atoms with Gasteiger partial charge in [-0.25, -0.2) is 4.79 Å². The molecule has 0 heterocycles. The summed E-state index contributed by atoms with van der Waals surface area (Å²) in [6.45, 7) is 0. The number of rotatable bonds is 0. The maximum atomic E-state index is 10.6. The van der Waals surface area contributed by atoms with E-state index in [9.17, 15) is 13.2 Å². The highest BCUT2D eigenvalue weighted by Crippen LogP contribution is 2.15. The van der Waals surface area contributed by atoms with Crippen LogP contribution in [0.2, 0.25) is 0 Å². The fraction of sp³-hybridized carbons (Fsp3) is 0.889. The van der Waals surface area contributed by atoms with Gasteiger partial charge in [0.2, 0.25) is 0 Å². The van der Waals surface area contributed by atoms with Crippen LogP contribution in [-0.2, 0) is 4.79 Å². The number of alkyl halides is 3. The Kier molecular flexibility index (Phi) is 6.32. The molecule has 1 fully saturated rings. The highest BCUT2D eigenvalue weighted by Gasteiger charge is 2.38. The summed E-state index contributed by atoms with van der Waals surface area (Å²) in [6.07, 6.45) is 5.42. The van der Waals surface area contributed by atoms with Gasteiger partial charge in [0, 0.05) is 0 Å². The Labute approximate surface area is 81.1 Å². The minimum Gasteiger partial charge on any atom is -0.475 e. The molecule has 0 aromatic heterocycles. The molecule has 0 atom stereocenters. The molecule has 0 unspecified atom stereocenters. The van der Waals surface area contributed by atoms with Crippen molar-refractivity contribution in [1.29, 1.82) is 0 Å². The maximum Gasteiger partial charge on any atom is 0.490 e. The zero-order chi connectivity index (χ0) is 11.0. The van der Waals surface area contributed by atoms with Crippen LogP contribution in [0.25, 0.3) is 0 Å². The molecule has 0 aromatic carbocycles. The van der Waals surface area contributed by atoms with Crippen molar-refractivity contribution >= 4 is 5.97 Å². The highest BCUT2D eigenvalue weighted by molar-refractivity contribution is 5.73. The number of carboxylic acids is 1. The lowest BCUT2D eigenvalue weighted by molar-refractivity contribution is -0.192. The van der Waals surface area contributed by atoms with Crippen molar-refractivity contribution in [2.24, 2.45) is 0 Å². The summed E-state index contributed by atoms with van der Waals surface area (Å²) in [5.41, 5.74) is 0. The second-order valence-electron chi connectivity index (χ2n) is 3.28. The molecule has 1 aliphatic carbocycles. The van der Waals surface area contributed by atoms with Crippen molar-refractivity contribution in [2.75, 3.05) is 0 Å². The van der Waals surface area contributed by atoms with Gasteiger partial charge in [0.1, 0.15) is 0 Å².